The van der Waals surface area contributed by atoms with Crippen molar-refractivity contribution < 1.29 is 18.7 Å². The quantitative estimate of drug-likeness (QED) is 0.234. The number of carbonyl (C=O) groups is 2. The Hall–Kier alpha value is -2.37. The maximum atomic E-state index is 12.8. The van der Waals surface area contributed by atoms with E-state index in [2.05, 4.69) is 44.9 Å². The first-order chi connectivity index (χ1) is 15.9. The number of esters is 1. The van der Waals surface area contributed by atoms with Crippen molar-refractivity contribution >= 4 is 55.9 Å². The lowest BCUT2D eigenvalue weighted by atomic mass is 9.88. The van der Waals surface area contributed by atoms with Crippen molar-refractivity contribution in [1.29, 1.82) is 0 Å². The van der Waals surface area contributed by atoms with E-state index in [9.17, 15) is 9.59 Å². The highest BCUT2D eigenvalue weighted by Gasteiger charge is 2.29. The summed E-state index contributed by atoms with van der Waals surface area (Å²) in [7, 11) is 1.36. The molecule has 3 heterocycles. The number of amides is 1. The highest BCUT2D eigenvalue weighted by atomic mass is 79.9. The van der Waals surface area contributed by atoms with Crippen LogP contribution >= 0.6 is 39.0 Å². The molecule has 1 aliphatic carbocycles. The highest BCUT2D eigenvalue weighted by molar-refractivity contribution is 9.10. The summed E-state index contributed by atoms with van der Waals surface area (Å²) in [5.41, 5.74) is 1.50. The molecule has 1 aliphatic rings. The van der Waals surface area contributed by atoms with Crippen molar-refractivity contribution in [3.63, 3.8) is 0 Å². The number of halogens is 1. The molecule has 0 aromatic carbocycles. The van der Waals surface area contributed by atoms with Gasteiger partial charge in [0, 0.05) is 11.4 Å². The van der Waals surface area contributed by atoms with Gasteiger partial charge in [-0.25, -0.2) is 4.79 Å². The number of rotatable bonds is 8. The third kappa shape index (κ3) is 5.10. The molecule has 1 N–H and O–H groups in total. The van der Waals surface area contributed by atoms with E-state index in [1.807, 2.05) is 4.57 Å². The number of carbonyl (C=O) groups excluding carboxylic acids is 2. The summed E-state index contributed by atoms with van der Waals surface area (Å²) in [5, 5.41) is 12.5. The Kier molecular flexibility index (Phi) is 7.40. The van der Waals surface area contributed by atoms with Crippen molar-refractivity contribution in [2.45, 2.75) is 37.9 Å². The lowest BCUT2D eigenvalue weighted by Gasteiger charge is -2.18. The molecule has 0 saturated heterocycles. The van der Waals surface area contributed by atoms with Crippen LogP contribution in [-0.2, 0) is 28.9 Å². The average Bonchev–Trinajstić information content (AvgIpc) is 3.48. The SMILES string of the molecule is C=CCn1c(SCC(=O)Nc2sc3c(c2C(=O)OC)CCC(C)C3)nnc1-c1ccc(Br)o1. The third-order valence-corrected chi connectivity index (χ3v) is 7.87. The van der Waals surface area contributed by atoms with Gasteiger partial charge < -0.3 is 14.5 Å². The molecule has 0 spiro atoms. The van der Waals surface area contributed by atoms with E-state index in [4.69, 9.17) is 9.15 Å². The standard InChI is InChI=1S/C22H23BrN4O4S2/c1-4-9-27-19(14-7-8-16(23)31-14)25-26-22(27)32-11-17(28)24-20-18(21(29)30-3)13-6-5-12(2)10-15(13)33-20/h4,7-8,12H,1,5-6,9-11H2,2-3H3,(H,24,28). The number of furan rings is 1. The van der Waals surface area contributed by atoms with E-state index in [-0.39, 0.29) is 11.7 Å². The van der Waals surface area contributed by atoms with Gasteiger partial charge in [0.05, 0.1) is 18.4 Å². The zero-order chi connectivity index (χ0) is 23.5. The Balaban J connectivity index is 1.50. The fourth-order valence-electron chi connectivity index (χ4n) is 3.76. The first-order valence-electron chi connectivity index (χ1n) is 10.4. The summed E-state index contributed by atoms with van der Waals surface area (Å²) in [6.45, 7) is 6.46. The number of nitrogens with zero attached hydrogens (tertiary/aromatic N) is 3. The number of hydrogen-bond donors (Lipinski definition) is 1. The first kappa shape index (κ1) is 23.8. The summed E-state index contributed by atoms with van der Waals surface area (Å²) in [6, 6.07) is 3.57. The second kappa shape index (κ2) is 10.3. The Morgan fingerprint density at radius 2 is 2.27 bits per heavy atom. The molecular weight excluding hydrogens is 528 g/mol. The average molecular weight is 551 g/mol. The highest BCUT2D eigenvalue weighted by Crippen LogP contribution is 2.40. The molecule has 0 radical (unpaired) electrons. The molecule has 33 heavy (non-hydrogen) atoms. The molecule has 11 heteroatoms. The summed E-state index contributed by atoms with van der Waals surface area (Å²) in [5.74, 6) is 1.14. The first-order valence-corrected chi connectivity index (χ1v) is 13.0. The Bertz CT molecular complexity index is 1200. The predicted octanol–water partition coefficient (Wildman–Crippen LogP) is 5.19. The Morgan fingerprint density at radius 3 is 2.97 bits per heavy atom. The van der Waals surface area contributed by atoms with Gasteiger partial charge in [0.25, 0.3) is 0 Å². The van der Waals surface area contributed by atoms with Crippen molar-refractivity contribution in [2.75, 3.05) is 18.2 Å². The molecule has 1 amide bonds. The third-order valence-electron chi connectivity index (χ3n) is 5.31. The second-order valence-corrected chi connectivity index (χ2v) is 10.5. The summed E-state index contributed by atoms with van der Waals surface area (Å²) in [4.78, 5) is 26.4. The molecule has 3 aromatic rings. The predicted molar refractivity (Wildman–Crippen MR) is 132 cm³/mol. The summed E-state index contributed by atoms with van der Waals surface area (Å²) >= 11 is 6.02. The lowest BCUT2D eigenvalue weighted by molar-refractivity contribution is -0.113. The van der Waals surface area contributed by atoms with Crippen LogP contribution in [0.15, 0.2) is 39.0 Å². The monoisotopic (exact) mass is 550 g/mol. The molecule has 0 bridgehead atoms. The van der Waals surface area contributed by atoms with Gasteiger partial charge >= 0.3 is 5.97 Å². The van der Waals surface area contributed by atoms with Gasteiger partial charge in [-0.1, -0.05) is 24.8 Å². The van der Waals surface area contributed by atoms with Gasteiger partial charge in [-0.2, -0.15) is 0 Å². The second-order valence-electron chi connectivity index (χ2n) is 7.69. The van der Waals surface area contributed by atoms with E-state index >= 15 is 0 Å². The maximum absolute atomic E-state index is 12.8. The summed E-state index contributed by atoms with van der Waals surface area (Å²) in [6.07, 6.45) is 4.47. The molecule has 1 unspecified atom stereocenters. The fourth-order valence-corrected chi connectivity index (χ4v) is 6.22. The van der Waals surface area contributed by atoms with Crippen molar-refractivity contribution in [3.8, 4) is 11.6 Å². The molecule has 0 fully saturated rings. The molecular formula is C22H23BrN4O4S2. The summed E-state index contributed by atoms with van der Waals surface area (Å²) < 4.78 is 13.0. The smallest absolute Gasteiger partial charge is 0.341 e. The number of thiophene rings is 1. The van der Waals surface area contributed by atoms with Gasteiger partial charge in [0.2, 0.25) is 11.7 Å². The minimum atomic E-state index is -0.412. The van der Waals surface area contributed by atoms with Gasteiger partial charge in [-0.05, 0) is 58.8 Å². The number of nitrogens with one attached hydrogen (secondary N) is 1. The van der Waals surface area contributed by atoms with Crippen LogP contribution in [0, 0.1) is 5.92 Å². The number of thioether (sulfide) groups is 1. The van der Waals surface area contributed by atoms with Crippen molar-refractivity contribution in [1.82, 2.24) is 14.8 Å². The van der Waals surface area contributed by atoms with Gasteiger partial charge in [-0.3, -0.25) is 9.36 Å². The number of allylic oxidation sites excluding steroid dienone is 1. The number of fused-ring (bicyclic) bond motifs is 1. The van der Waals surface area contributed by atoms with Crippen molar-refractivity contribution in [3.05, 3.63) is 45.5 Å². The largest absolute Gasteiger partial charge is 0.465 e. The van der Waals surface area contributed by atoms with Crippen LogP contribution in [0.3, 0.4) is 0 Å². The van der Waals surface area contributed by atoms with Crippen LogP contribution < -0.4 is 5.32 Å². The van der Waals surface area contributed by atoms with Gasteiger partial charge in [0.15, 0.2) is 15.6 Å². The van der Waals surface area contributed by atoms with Crippen LogP contribution in [0.1, 0.15) is 34.1 Å². The van der Waals surface area contributed by atoms with E-state index in [0.29, 0.717) is 44.4 Å². The van der Waals surface area contributed by atoms with Crippen LogP contribution in [0.2, 0.25) is 0 Å². The van der Waals surface area contributed by atoms with E-state index < -0.39 is 5.97 Å². The molecule has 8 nitrogen and oxygen atoms in total. The minimum Gasteiger partial charge on any atom is -0.465 e. The molecule has 4 rings (SSSR count). The molecule has 1 atom stereocenters. The normalized spacial score (nSPS) is 15.2. The van der Waals surface area contributed by atoms with Crippen LogP contribution in [-0.4, -0.2) is 39.5 Å². The van der Waals surface area contributed by atoms with E-state index in [1.165, 1.54) is 30.2 Å². The van der Waals surface area contributed by atoms with E-state index in [1.54, 1.807) is 18.2 Å². The van der Waals surface area contributed by atoms with Crippen LogP contribution in [0.5, 0.6) is 0 Å². The van der Waals surface area contributed by atoms with Crippen LogP contribution in [0.25, 0.3) is 11.6 Å². The molecule has 3 aromatic heterocycles. The van der Waals surface area contributed by atoms with E-state index in [0.717, 1.165) is 29.7 Å². The fraction of sp³-hybridized carbons (Fsp3) is 0.364. The van der Waals surface area contributed by atoms with Crippen molar-refractivity contribution in [2.24, 2.45) is 5.92 Å². The zero-order valence-electron chi connectivity index (χ0n) is 18.2. The topological polar surface area (TPSA) is 99.2 Å². The zero-order valence-corrected chi connectivity index (χ0v) is 21.4. The van der Waals surface area contributed by atoms with Gasteiger partial charge in [-0.15, -0.1) is 28.1 Å². The minimum absolute atomic E-state index is 0.108. The number of hydrogen-bond acceptors (Lipinski definition) is 8. The van der Waals surface area contributed by atoms with Crippen LogP contribution in [0.4, 0.5) is 5.00 Å². The van der Waals surface area contributed by atoms with Gasteiger partial charge in [0.1, 0.15) is 5.00 Å². The number of methoxy groups -OCH3 is 1. The number of anilines is 1. The lowest BCUT2D eigenvalue weighted by Crippen LogP contribution is -2.17. The molecule has 0 saturated carbocycles. The number of aromatic nitrogens is 3. The molecule has 0 aliphatic heterocycles. The Morgan fingerprint density at radius 1 is 1.45 bits per heavy atom. The molecule has 174 valence electrons. The number of ether oxygens (including phenoxy) is 1. The Labute approximate surface area is 207 Å². The maximum Gasteiger partial charge on any atom is 0.341 e.